The van der Waals surface area contributed by atoms with Gasteiger partial charge in [-0.05, 0) is 43.4 Å². The van der Waals surface area contributed by atoms with Crippen LogP contribution in [0.15, 0.2) is 30.3 Å². The molecule has 0 aromatic heterocycles. The zero-order valence-electron chi connectivity index (χ0n) is 10.3. The topological polar surface area (TPSA) is 20.2 Å². The first-order valence-corrected chi connectivity index (χ1v) is 7.75. The lowest BCUT2D eigenvalue weighted by molar-refractivity contribution is 0.153. The zero-order chi connectivity index (χ0) is 11.9. The maximum absolute atomic E-state index is 10.1. The molecule has 0 radical (unpaired) electrons. The summed E-state index contributed by atoms with van der Waals surface area (Å²) in [6.45, 7) is 0. The molecule has 0 amide bonds. The van der Waals surface area contributed by atoms with Gasteiger partial charge in [0.1, 0.15) is 0 Å². The number of aliphatic hydroxyl groups is 1. The molecule has 2 unspecified atom stereocenters. The van der Waals surface area contributed by atoms with Gasteiger partial charge in [0.15, 0.2) is 0 Å². The highest BCUT2D eigenvalue weighted by molar-refractivity contribution is 8.00. The molecule has 1 nitrogen and oxygen atoms in total. The van der Waals surface area contributed by atoms with Crippen molar-refractivity contribution in [1.82, 2.24) is 0 Å². The summed E-state index contributed by atoms with van der Waals surface area (Å²) in [5.74, 6) is 1.24. The lowest BCUT2D eigenvalue weighted by Gasteiger charge is -2.26. The average Bonchev–Trinajstić information content (AvgIpc) is 2.41. The van der Waals surface area contributed by atoms with Crippen molar-refractivity contribution in [1.29, 1.82) is 0 Å². The first-order valence-electron chi connectivity index (χ1n) is 6.70. The molecule has 1 aromatic rings. The summed E-state index contributed by atoms with van der Waals surface area (Å²) in [7, 11) is 0. The van der Waals surface area contributed by atoms with Crippen LogP contribution in [0, 0.1) is 0 Å². The first kappa shape index (κ1) is 13.0. The fraction of sp³-hybridized carbons (Fsp3) is 0.600. The molecule has 1 fully saturated rings. The Balaban J connectivity index is 1.67. The summed E-state index contributed by atoms with van der Waals surface area (Å²) in [5.41, 5.74) is 1.39. The van der Waals surface area contributed by atoms with E-state index in [9.17, 15) is 5.11 Å². The Morgan fingerprint density at radius 1 is 1.24 bits per heavy atom. The molecule has 1 aromatic carbocycles. The third-order valence-corrected chi connectivity index (χ3v) is 4.95. The molecule has 2 atom stereocenters. The molecule has 1 aliphatic heterocycles. The largest absolute Gasteiger partial charge is 0.392 e. The van der Waals surface area contributed by atoms with Crippen LogP contribution in [0.4, 0.5) is 0 Å². The van der Waals surface area contributed by atoms with Gasteiger partial charge in [0.05, 0.1) is 6.10 Å². The van der Waals surface area contributed by atoms with Gasteiger partial charge in [-0.2, -0.15) is 11.8 Å². The molecule has 2 heteroatoms. The van der Waals surface area contributed by atoms with E-state index in [1.54, 1.807) is 0 Å². The van der Waals surface area contributed by atoms with Crippen LogP contribution in [0.2, 0.25) is 0 Å². The van der Waals surface area contributed by atoms with E-state index < -0.39 is 0 Å². The lowest BCUT2D eigenvalue weighted by atomic mass is 10.0. The van der Waals surface area contributed by atoms with E-state index >= 15 is 0 Å². The van der Waals surface area contributed by atoms with Crippen LogP contribution in [0.3, 0.4) is 0 Å². The van der Waals surface area contributed by atoms with E-state index in [1.165, 1.54) is 30.6 Å². The van der Waals surface area contributed by atoms with Gasteiger partial charge in [-0.1, -0.05) is 36.8 Å². The van der Waals surface area contributed by atoms with Gasteiger partial charge < -0.3 is 5.11 Å². The van der Waals surface area contributed by atoms with Gasteiger partial charge in [-0.15, -0.1) is 0 Å². The fourth-order valence-corrected chi connectivity index (χ4v) is 3.78. The Kier molecular flexibility index (Phi) is 5.40. The van der Waals surface area contributed by atoms with Gasteiger partial charge >= 0.3 is 0 Å². The van der Waals surface area contributed by atoms with E-state index in [2.05, 4.69) is 30.3 Å². The van der Waals surface area contributed by atoms with E-state index in [-0.39, 0.29) is 6.10 Å². The molecule has 0 aliphatic carbocycles. The van der Waals surface area contributed by atoms with Gasteiger partial charge in [0.25, 0.3) is 0 Å². The Morgan fingerprint density at radius 2 is 2.06 bits per heavy atom. The van der Waals surface area contributed by atoms with E-state index in [1.807, 2.05) is 11.8 Å². The monoisotopic (exact) mass is 250 g/mol. The van der Waals surface area contributed by atoms with Crippen LogP contribution in [0.25, 0.3) is 0 Å². The predicted octanol–water partition coefficient (Wildman–Crippen LogP) is 3.66. The highest BCUT2D eigenvalue weighted by atomic mass is 32.2. The molecule has 1 aliphatic rings. The average molecular weight is 250 g/mol. The van der Waals surface area contributed by atoms with E-state index in [0.717, 1.165) is 19.3 Å². The van der Waals surface area contributed by atoms with Crippen LogP contribution >= 0.6 is 11.8 Å². The van der Waals surface area contributed by atoms with Crippen molar-refractivity contribution < 1.29 is 5.11 Å². The second kappa shape index (κ2) is 7.07. The number of hydrogen-bond acceptors (Lipinski definition) is 2. The number of aliphatic hydroxyl groups excluding tert-OH is 1. The fourth-order valence-electron chi connectivity index (χ4n) is 2.41. The highest BCUT2D eigenvalue weighted by Crippen LogP contribution is 2.29. The second-order valence-corrected chi connectivity index (χ2v) is 6.20. The molecule has 0 saturated carbocycles. The number of thioether (sulfide) groups is 1. The van der Waals surface area contributed by atoms with Crippen molar-refractivity contribution in [3.8, 4) is 0 Å². The predicted molar refractivity (Wildman–Crippen MR) is 75.5 cm³/mol. The first-order chi connectivity index (χ1) is 8.36. The van der Waals surface area contributed by atoms with Crippen LogP contribution in [0.5, 0.6) is 0 Å². The maximum Gasteiger partial charge on any atom is 0.0658 e. The Bertz CT molecular complexity index is 306. The van der Waals surface area contributed by atoms with Crippen LogP contribution in [-0.4, -0.2) is 22.2 Å². The summed E-state index contributed by atoms with van der Waals surface area (Å²) in [4.78, 5) is 0. The van der Waals surface area contributed by atoms with Crippen molar-refractivity contribution in [2.45, 2.75) is 49.9 Å². The van der Waals surface area contributed by atoms with Crippen LogP contribution in [0.1, 0.15) is 37.7 Å². The third-order valence-electron chi connectivity index (χ3n) is 3.45. The molecular weight excluding hydrogens is 228 g/mol. The van der Waals surface area contributed by atoms with E-state index in [4.69, 9.17) is 0 Å². The number of rotatable bonds is 5. The maximum atomic E-state index is 10.1. The number of benzene rings is 1. The second-order valence-electron chi connectivity index (χ2n) is 4.85. The number of aryl methyl sites for hydroxylation is 1. The van der Waals surface area contributed by atoms with Crippen molar-refractivity contribution >= 4 is 11.8 Å². The minimum atomic E-state index is -0.0935. The Hall–Kier alpha value is -0.470. The molecule has 94 valence electrons. The molecule has 1 heterocycles. The smallest absolute Gasteiger partial charge is 0.0658 e. The molecular formula is C15H22OS. The summed E-state index contributed by atoms with van der Waals surface area (Å²) in [5, 5.41) is 10.6. The molecule has 2 rings (SSSR count). The minimum absolute atomic E-state index is 0.0935. The Morgan fingerprint density at radius 3 is 2.76 bits per heavy atom. The minimum Gasteiger partial charge on any atom is -0.392 e. The van der Waals surface area contributed by atoms with Gasteiger partial charge in [0.2, 0.25) is 0 Å². The SMILES string of the molecule is OC(CCCc1ccccc1)C1CCCCS1. The van der Waals surface area contributed by atoms with Crippen molar-refractivity contribution in [3.05, 3.63) is 35.9 Å². The Labute approximate surface area is 109 Å². The standard InChI is InChI=1S/C15H22OS/c16-14(15-11-4-5-12-17-15)10-6-9-13-7-2-1-3-8-13/h1-3,7-8,14-16H,4-6,9-12H2. The summed E-state index contributed by atoms with van der Waals surface area (Å²) in [6.07, 6.45) is 6.89. The molecule has 1 N–H and O–H groups in total. The zero-order valence-corrected chi connectivity index (χ0v) is 11.2. The van der Waals surface area contributed by atoms with Crippen molar-refractivity contribution in [2.24, 2.45) is 0 Å². The molecule has 1 saturated heterocycles. The van der Waals surface area contributed by atoms with Crippen LogP contribution < -0.4 is 0 Å². The van der Waals surface area contributed by atoms with Crippen LogP contribution in [-0.2, 0) is 6.42 Å². The van der Waals surface area contributed by atoms with Gasteiger partial charge in [-0.25, -0.2) is 0 Å². The van der Waals surface area contributed by atoms with Crippen molar-refractivity contribution in [2.75, 3.05) is 5.75 Å². The number of hydrogen-bond donors (Lipinski definition) is 1. The summed E-state index contributed by atoms with van der Waals surface area (Å²) >= 11 is 1.97. The molecule has 17 heavy (non-hydrogen) atoms. The van der Waals surface area contributed by atoms with Crippen molar-refractivity contribution in [3.63, 3.8) is 0 Å². The summed E-state index contributed by atoms with van der Waals surface area (Å²) < 4.78 is 0. The van der Waals surface area contributed by atoms with E-state index in [0.29, 0.717) is 5.25 Å². The summed E-state index contributed by atoms with van der Waals surface area (Å²) in [6, 6.07) is 10.6. The normalized spacial score (nSPS) is 22.3. The van der Waals surface area contributed by atoms with Gasteiger partial charge in [-0.3, -0.25) is 0 Å². The quantitative estimate of drug-likeness (QED) is 0.860. The van der Waals surface area contributed by atoms with Gasteiger partial charge in [0, 0.05) is 5.25 Å². The lowest BCUT2D eigenvalue weighted by Crippen LogP contribution is -2.25. The molecule has 0 spiro atoms. The molecule has 0 bridgehead atoms. The highest BCUT2D eigenvalue weighted by Gasteiger charge is 2.21. The third kappa shape index (κ3) is 4.36.